The molecule has 4 aromatic heterocycles. The first-order valence-corrected chi connectivity index (χ1v) is 12.3. The van der Waals surface area contributed by atoms with E-state index in [0.29, 0.717) is 16.8 Å². The molecule has 0 aliphatic heterocycles. The van der Waals surface area contributed by atoms with Crippen molar-refractivity contribution >= 4 is 11.0 Å². The standard InChI is InChI=1S/C27H21F4N7O2/c1-14-9-20(27(29,30)31)36-38(14)18-7-5-17(19(28)10-18)12-37-21(39)8-6-16-11-32-24(35-25(16)37)22-23(15-3-4-15)33-13-34-26(22)40-2/h5-11,13,15H,3-4,12H2,1-2H3. The van der Waals surface area contributed by atoms with Crippen LogP contribution >= 0.6 is 0 Å². The summed E-state index contributed by atoms with van der Waals surface area (Å²) >= 11 is 0. The number of aromatic nitrogens is 7. The number of fused-ring (bicyclic) bond motifs is 1. The molecule has 4 heterocycles. The van der Waals surface area contributed by atoms with Crippen molar-refractivity contribution in [3.05, 3.63) is 87.7 Å². The molecule has 40 heavy (non-hydrogen) atoms. The largest absolute Gasteiger partial charge is 0.480 e. The van der Waals surface area contributed by atoms with Gasteiger partial charge in [0, 0.05) is 34.8 Å². The normalized spacial score (nSPS) is 13.7. The van der Waals surface area contributed by atoms with Gasteiger partial charge in [-0.05, 0) is 44.0 Å². The molecule has 0 radical (unpaired) electrons. The molecule has 0 spiro atoms. The van der Waals surface area contributed by atoms with Crippen molar-refractivity contribution in [1.29, 1.82) is 0 Å². The third-order valence-electron chi connectivity index (χ3n) is 6.73. The Morgan fingerprint density at radius 1 is 1.07 bits per heavy atom. The van der Waals surface area contributed by atoms with Crippen LogP contribution in [0.15, 0.2) is 53.7 Å². The van der Waals surface area contributed by atoms with Crippen molar-refractivity contribution in [3.63, 3.8) is 0 Å². The van der Waals surface area contributed by atoms with Crippen LogP contribution in [0.3, 0.4) is 0 Å². The summed E-state index contributed by atoms with van der Waals surface area (Å²) in [4.78, 5) is 30.7. The summed E-state index contributed by atoms with van der Waals surface area (Å²) in [5.74, 6) is 0.109. The fraction of sp³-hybridized carbons (Fsp3) is 0.259. The molecule has 1 fully saturated rings. The Kier molecular flexibility index (Phi) is 6.08. The van der Waals surface area contributed by atoms with Gasteiger partial charge in [0.25, 0.3) is 5.56 Å². The predicted octanol–water partition coefficient (Wildman–Crippen LogP) is 4.83. The lowest BCUT2D eigenvalue weighted by Crippen LogP contribution is -2.21. The van der Waals surface area contributed by atoms with E-state index in [9.17, 15) is 18.0 Å². The predicted molar refractivity (Wildman–Crippen MR) is 136 cm³/mol. The molecule has 0 saturated heterocycles. The molecule has 13 heteroatoms. The minimum Gasteiger partial charge on any atom is -0.480 e. The van der Waals surface area contributed by atoms with Gasteiger partial charge in [-0.2, -0.15) is 18.3 Å². The van der Waals surface area contributed by atoms with E-state index in [1.807, 2.05) is 0 Å². The first-order chi connectivity index (χ1) is 19.1. The molecule has 0 unspecified atom stereocenters. The zero-order valence-corrected chi connectivity index (χ0v) is 21.3. The van der Waals surface area contributed by atoms with Crippen molar-refractivity contribution in [3.8, 4) is 23.0 Å². The average molecular weight is 552 g/mol. The molecule has 1 saturated carbocycles. The maximum atomic E-state index is 15.3. The molecule has 204 valence electrons. The Balaban J connectivity index is 1.41. The van der Waals surface area contributed by atoms with Crippen LogP contribution in [-0.4, -0.2) is 41.4 Å². The van der Waals surface area contributed by atoms with E-state index in [1.54, 1.807) is 12.3 Å². The molecule has 0 amide bonds. The molecule has 1 aromatic carbocycles. The van der Waals surface area contributed by atoms with Crippen LogP contribution in [0.2, 0.25) is 0 Å². The molecule has 6 rings (SSSR count). The third kappa shape index (κ3) is 4.56. The van der Waals surface area contributed by atoms with E-state index in [1.165, 1.54) is 43.1 Å². The highest BCUT2D eigenvalue weighted by Crippen LogP contribution is 2.44. The first-order valence-electron chi connectivity index (χ1n) is 12.3. The summed E-state index contributed by atoms with van der Waals surface area (Å²) < 4.78 is 62.3. The molecule has 0 bridgehead atoms. The van der Waals surface area contributed by atoms with Crippen molar-refractivity contribution in [2.45, 2.75) is 38.4 Å². The lowest BCUT2D eigenvalue weighted by molar-refractivity contribution is -0.141. The Hall–Kier alpha value is -4.68. The minimum absolute atomic E-state index is 0.118. The Bertz CT molecular complexity index is 1830. The number of nitrogens with zero attached hydrogens (tertiary/aromatic N) is 7. The quantitative estimate of drug-likeness (QED) is 0.279. The SMILES string of the molecule is COc1ncnc(C2CC2)c1-c1ncc2ccc(=O)n(Cc3ccc(-n4nc(C(F)(F)F)cc4C)cc3F)c2n1. The lowest BCUT2D eigenvalue weighted by atomic mass is 10.1. The number of pyridine rings is 1. The average Bonchev–Trinajstić information content (AvgIpc) is 3.70. The van der Waals surface area contributed by atoms with Gasteiger partial charge in [-0.25, -0.2) is 29.0 Å². The molecular weight excluding hydrogens is 530 g/mol. The van der Waals surface area contributed by atoms with Gasteiger partial charge in [0.05, 0.1) is 25.0 Å². The van der Waals surface area contributed by atoms with E-state index in [2.05, 4.69) is 25.0 Å². The lowest BCUT2D eigenvalue weighted by Gasteiger charge is -2.14. The second-order valence-electron chi connectivity index (χ2n) is 9.50. The second kappa shape index (κ2) is 9.50. The van der Waals surface area contributed by atoms with Crippen molar-refractivity contribution < 1.29 is 22.3 Å². The monoisotopic (exact) mass is 551 g/mol. The highest BCUT2D eigenvalue weighted by atomic mass is 19.4. The van der Waals surface area contributed by atoms with Crippen LogP contribution in [0.1, 0.15) is 41.4 Å². The molecule has 5 aromatic rings. The molecule has 0 N–H and O–H groups in total. The summed E-state index contributed by atoms with van der Waals surface area (Å²) in [7, 11) is 1.49. The first kappa shape index (κ1) is 25.6. The number of rotatable bonds is 6. The van der Waals surface area contributed by atoms with Gasteiger partial charge >= 0.3 is 6.18 Å². The summed E-state index contributed by atoms with van der Waals surface area (Å²) in [5, 5.41) is 4.12. The van der Waals surface area contributed by atoms with Gasteiger partial charge in [0.1, 0.15) is 23.4 Å². The number of methoxy groups -OCH3 is 1. The summed E-state index contributed by atoms with van der Waals surface area (Å²) in [6.07, 6.45) is 0.301. The Morgan fingerprint density at radius 3 is 2.55 bits per heavy atom. The summed E-state index contributed by atoms with van der Waals surface area (Å²) in [6.45, 7) is 1.27. The van der Waals surface area contributed by atoms with Gasteiger partial charge in [0.15, 0.2) is 11.5 Å². The molecule has 1 aliphatic carbocycles. The maximum absolute atomic E-state index is 15.3. The summed E-state index contributed by atoms with van der Waals surface area (Å²) in [5.41, 5.74) is 0.535. The van der Waals surface area contributed by atoms with E-state index < -0.39 is 23.2 Å². The van der Waals surface area contributed by atoms with Gasteiger partial charge in [-0.3, -0.25) is 9.36 Å². The molecular formula is C27H21F4N7O2. The number of ether oxygens (including phenoxy) is 1. The van der Waals surface area contributed by atoms with Crippen LogP contribution in [0.25, 0.3) is 28.1 Å². The van der Waals surface area contributed by atoms with Crippen molar-refractivity contribution in [2.75, 3.05) is 7.11 Å². The number of hydrogen-bond acceptors (Lipinski definition) is 7. The Morgan fingerprint density at radius 2 is 1.88 bits per heavy atom. The van der Waals surface area contributed by atoms with Crippen LogP contribution in [0, 0.1) is 12.7 Å². The van der Waals surface area contributed by atoms with E-state index >= 15 is 4.39 Å². The van der Waals surface area contributed by atoms with E-state index in [4.69, 9.17) is 4.74 Å². The highest BCUT2D eigenvalue weighted by Gasteiger charge is 2.35. The number of alkyl halides is 3. The van der Waals surface area contributed by atoms with Gasteiger partial charge < -0.3 is 4.74 Å². The Labute approximate surface area is 224 Å². The van der Waals surface area contributed by atoms with Crippen LogP contribution < -0.4 is 10.3 Å². The van der Waals surface area contributed by atoms with Crippen LogP contribution in [0.4, 0.5) is 17.6 Å². The van der Waals surface area contributed by atoms with Crippen LogP contribution in [-0.2, 0) is 12.7 Å². The third-order valence-corrected chi connectivity index (χ3v) is 6.73. The van der Waals surface area contributed by atoms with Crippen LogP contribution in [0.5, 0.6) is 5.88 Å². The van der Waals surface area contributed by atoms with Gasteiger partial charge in [-0.15, -0.1) is 0 Å². The van der Waals surface area contributed by atoms with Gasteiger partial charge in [-0.1, -0.05) is 6.07 Å². The van der Waals surface area contributed by atoms with Crippen molar-refractivity contribution in [1.82, 2.24) is 34.3 Å². The fourth-order valence-corrected chi connectivity index (χ4v) is 4.60. The zero-order chi connectivity index (χ0) is 28.2. The smallest absolute Gasteiger partial charge is 0.435 e. The van der Waals surface area contributed by atoms with Crippen molar-refractivity contribution in [2.24, 2.45) is 0 Å². The number of halogens is 4. The minimum atomic E-state index is -4.62. The molecule has 0 atom stereocenters. The molecule has 1 aliphatic rings. The maximum Gasteiger partial charge on any atom is 0.435 e. The van der Waals surface area contributed by atoms with Gasteiger partial charge in [0.2, 0.25) is 5.88 Å². The zero-order valence-electron chi connectivity index (χ0n) is 21.3. The number of benzene rings is 1. The number of hydrogen-bond donors (Lipinski definition) is 0. The summed E-state index contributed by atoms with van der Waals surface area (Å²) in [6, 6.07) is 7.75. The van der Waals surface area contributed by atoms with E-state index in [0.717, 1.165) is 35.4 Å². The topological polar surface area (TPSA) is 101 Å². The van der Waals surface area contributed by atoms with E-state index in [-0.39, 0.29) is 40.9 Å². The fourth-order valence-electron chi connectivity index (χ4n) is 4.60. The number of aryl methyl sites for hydroxylation is 1. The molecule has 9 nitrogen and oxygen atoms in total. The second-order valence-corrected chi connectivity index (χ2v) is 9.50. The highest BCUT2D eigenvalue weighted by molar-refractivity contribution is 5.78.